The lowest BCUT2D eigenvalue weighted by molar-refractivity contribution is 0.102. The number of carbonyl (C=O) groups excluding carboxylic acids is 1. The highest BCUT2D eigenvalue weighted by atomic mass is 35.5. The number of nitrogens with one attached hydrogen (secondary N) is 2. The van der Waals surface area contributed by atoms with E-state index in [-0.39, 0.29) is 5.91 Å². The Morgan fingerprint density at radius 2 is 1.65 bits per heavy atom. The SMILES string of the molecule is COc1ccc(C(=O)Nc2ccc(-c3csc(Nc4ccc(Cl)c(Cl)c4)n3)cc2)cc1. The summed E-state index contributed by atoms with van der Waals surface area (Å²) in [5.74, 6) is 0.523. The smallest absolute Gasteiger partial charge is 0.255 e. The summed E-state index contributed by atoms with van der Waals surface area (Å²) in [6.45, 7) is 0. The van der Waals surface area contributed by atoms with Gasteiger partial charge in [0.2, 0.25) is 0 Å². The van der Waals surface area contributed by atoms with Crippen molar-refractivity contribution in [3.8, 4) is 17.0 Å². The van der Waals surface area contributed by atoms with Crippen molar-refractivity contribution in [2.24, 2.45) is 0 Å². The summed E-state index contributed by atoms with van der Waals surface area (Å²) in [7, 11) is 1.59. The Bertz CT molecular complexity index is 1210. The summed E-state index contributed by atoms with van der Waals surface area (Å²) >= 11 is 13.5. The summed E-state index contributed by atoms with van der Waals surface area (Å²) in [5.41, 5.74) is 3.85. The molecule has 0 bridgehead atoms. The third-order valence-electron chi connectivity index (χ3n) is 4.47. The second-order valence-corrected chi connectivity index (χ2v) is 8.22. The standard InChI is InChI=1S/C23H17Cl2N3O2S/c1-30-18-9-4-15(5-10-18)22(29)26-16-6-2-14(3-7-16)21-13-31-23(28-21)27-17-8-11-19(24)20(25)12-17/h2-13H,1H3,(H,26,29)(H,27,28). The molecule has 0 saturated carbocycles. The molecule has 2 N–H and O–H groups in total. The molecular weight excluding hydrogens is 453 g/mol. The molecule has 8 heteroatoms. The monoisotopic (exact) mass is 469 g/mol. The molecule has 0 saturated heterocycles. The van der Waals surface area contributed by atoms with E-state index in [1.54, 1.807) is 43.5 Å². The van der Waals surface area contributed by atoms with Crippen LogP contribution in [0.15, 0.2) is 72.1 Å². The number of halogens is 2. The summed E-state index contributed by atoms with van der Waals surface area (Å²) < 4.78 is 5.11. The van der Waals surface area contributed by atoms with E-state index in [9.17, 15) is 4.79 Å². The van der Waals surface area contributed by atoms with Crippen LogP contribution in [0.1, 0.15) is 10.4 Å². The van der Waals surface area contributed by atoms with Crippen LogP contribution in [0.2, 0.25) is 10.0 Å². The van der Waals surface area contributed by atoms with Crippen LogP contribution in [-0.4, -0.2) is 18.0 Å². The normalized spacial score (nSPS) is 10.5. The first kappa shape index (κ1) is 21.2. The number of methoxy groups -OCH3 is 1. The summed E-state index contributed by atoms with van der Waals surface area (Å²) in [4.78, 5) is 17.0. The molecule has 3 aromatic carbocycles. The highest BCUT2D eigenvalue weighted by Gasteiger charge is 2.09. The summed E-state index contributed by atoms with van der Waals surface area (Å²) in [6.07, 6.45) is 0. The molecule has 156 valence electrons. The first-order valence-corrected chi connectivity index (χ1v) is 10.9. The van der Waals surface area contributed by atoms with Gasteiger partial charge in [0.25, 0.3) is 5.91 Å². The van der Waals surface area contributed by atoms with Crippen molar-refractivity contribution in [3.63, 3.8) is 0 Å². The lowest BCUT2D eigenvalue weighted by Crippen LogP contribution is -2.11. The zero-order chi connectivity index (χ0) is 21.8. The van der Waals surface area contributed by atoms with Gasteiger partial charge in [-0.15, -0.1) is 11.3 Å². The number of benzene rings is 3. The minimum Gasteiger partial charge on any atom is -0.497 e. The van der Waals surface area contributed by atoms with Gasteiger partial charge in [-0.25, -0.2) is 4.98 Å². The molecule has 0 spiro atoms. The molecule has 0 fully saturated rings. The van der Waals surface area contributed by atoms with Crippen LogP contribution in [0, 0.1) is 0 Å². The third-order valence-corrected chi connectivity index (χ3v) is 5.96. The van der Waals surface area contributed by atoms with Gasteiger partial charge in [-0.05, 0) is 54.6 Å². The molecule has 0 unspecified atom stereocenters. The minimum atomic E-state index is -0.183. The number of amides is 1. The van der Waals surface area contributed by atoms with Gasteiger partial charge in [0, 0.05) is 27.9 Å². The van der Waals surface area contributed by atoms with E-state index in [0.717, 1.165) is 22.1 Å². The number of hydrogen-bond donors (Lipinski definition) is 2. The number of carbonyl (C=O) groups is 1. The molecule has 1 aromatic heterocycles. The van der Waals surface area contributed by atoms with Crippen LogP contribution >= 0.6 is 34.5 Å². The van der Waals surface area contributed by atoms with E-state index >= 15 is 0 Å². The topological polar surface area (TPSA) is 63.2 Å². The maximum absolute atomic E-state index is 12.4. The van der Waals surface area contributed by atoms with Gasteiger partial charge in [0.1, 0.15) is 5.75 Å². The zero-order valence-corrected chi connectivity index (χ0v) is 18.7. The van der Waals surface area contributed by atoms with Crippen LogP contribution in [0.5, 0.6) is 5.75 Å². The van der Waals surface area contributed by atoms with Crippen LogP contribution in [0.4, 0.5) is 16.5 Å². The molecule has 1 amide bonds. The maximum atomic E-state index is 12.4. The number of rotatable bonds is 6. The lowest BCUT2D eigenvalue weighted by atomic mass is 10.1. The largest absolute Gasteiger partial charge is 0.497 e. The maximum Gasteiger partial charge on any atom is 0.255 e. The second-order valence-electron chi connectivity index (χ2n) is 6.55. The van der Waals surface area contributed by atoms with Crippen LogP contribution < -0.4 is 15.4 Å². The van der Waals surface area contributed by atoms with Gasteiger partial charge in [0.05, 0.1) is 22.8 Å². The average molecular weight is 470 g/mol. The van der Waals surface area contributed by atoms with Crippen LogP contribution in [-0.2, 0) is 0 Å². The minimum absolute atomic E-state index is 0.183. The molecule has 4 aromatic rings. The van der Waals surface area contributed by atoms with Crippen molar-refractivity contribution in [2.45, 2.75) is 0 Å². The first-order valence-electron chi connectivity index (χ1n) is 9.25. The highest BCUT2D eigenvalue weighted by molar-refractivity contribution is 7.14. The number of thiazole rings is 1. The Morgan fingerprint density at radius 3 is 2.32 bits per heavy atom. The number of aromatic nitrogens is 1. The lowest BCUT2D eigenvalue weighted by Gasteiger charge is -2.07. The molecule has 31 heavy (non-hydrogen) atoms. The molecule has 0 aliphatic rings. The predicted molar refractivity (Wildman–Crippen MR) is 128 cm³/mol. The van der Waals surface area contributed by atoms with Gasteiger partial charge in [-0.3, -0.25) is 4.79 Å². The number of ether oxygens (including phenoxy) is 1. The van der Waals surface area contributed by atoms with E-state index in [4.69, 9.17) is 27.9 Å². The fourth-order valence-electron chi connectivity index (χ4n) is 2.83. The van der Waals surface area contributed by atoms with Crippen molar-refractivity contribution in [1.29, 1.82) is 0 Å². The zero-order valence-electron chi connectivity index (χ0n) is 16.4. The van der Waals surface area contributed by atoms with Crippen molar-refractivity contribution in [2.75, 3.05) is 17.7 Å². The molecule has 0 aliphatic heterocycles. The van der Waals surface area contributed by atoms with E-state index in [1.165, 1.54) is 11.3 Å². The second kappa shape index (κ2) is 9.39. The van der Waals surface area contributed by atoms with Gasteiger partial charge in [0.15, 0.2) is 5.13 Å². The van der Waals surface area contributed by atoms with Gasteiger partial charge < -0.3 is 15.4 Å². The Balaban J connectivity index is 1.42. The van der Waals surface area contributed by atoms with Crippen LogP contribution in [0.3, 0.4) is 0 Å². The van der Waals surface area contributed by atoms with Crippen molar-refractivity contribution in [1.82, 2.24) is 4.98 Å². The fourth-order valence-corrected chi connectivity index (χ4v) is 3.87. The fraction of sp³-hybridized carbons (Fsp3) is 0.0435. The van der Waals surface area contributed by atoms with Crippen molar-refractivity contribution in [3.05, 3.63) is 87.7 Å². The molecule has 1 heterocycles. The Morgan fingerprint density at radius 1 is 0.935 bits per heavy atom. The van der Waals surface area contributed by atoms with E-state index in [1.807, 2.05) is 35.7 Å². The van der Waals surface area contributed by atoms with E-state index in [2.05, 4.69) is 15.6 Å². The summed E-state index contributed by atoms with van der Waals surface area (Å²) in [5, 5.41) is 9.81. The number of anilines is 3. The molecular formula is C23H17Cl2N3O2S. The third kappa shape index (κ3) is 5.17. The van der Waals surface area contributed by atoms with E-state index < -0.39 is 0 Å². The van der Waals surface area contributed by atoms with Gasteiger partial charge >= 0.3 is 0 Å². The first-order chi connectivity index (χ1) is 15.0. The molecule has 4 rings (SSSR count). The average Bonchev–Trinajstić information content (AvgIpc) is 3.25. The Kier molecular flexibility index (Phi) is 6.42. The quantitative estimate of drug-likeness (QED) is 0.315. The molecule has 5 nitrogen and oxygen atoms in total. The van der Waals surface area contributed by atoms with Gasteiger partial charge in [-0.2, -0.15) is 0 Å². The van der Waals surface area contributed by atoms with Crippen molar-refractivity contribution < 1.29 is 9.53 Å². The number of nitrogens with zero attached hydrogens (tertiary/aromatic N) is 1. The van der Waals surface area contributed by atoms with Crippen molar-refractivity contribution >= 4 is 57.0 Å². The molecule has 0 radical (unpaired) electrons. The van der Waals surface area contributed by atoms with E-state index in [0.29, 0.717) is 27.0 Å². The highest BCUT2D eigenvalue weighted by Crippen LogP contribution is 2.30. The van der Waals surface area contributed by atoms with Gasteiger partial charge in [-0.1, -0.05) is 35.3 Å². The Labute approximate surface area is 193 Å². The predicted octanol–water partition coefficient (Wildman–Crippen LogP) is 7.12. The summed E-state index contributed by atoms with van der Waals surface area (Å²) in [6, 6.07) is 19.8. The molecule has 0 atom stereocenters. The molecule has 0 aliphatic carbocycles. The Hall–Kier alpha value is -3.06. The number of hydrogen-bond acceptors (Lipinski definition) is 5. The van der Waals surface area contributed by atoms with Crippen LogP contribution in [0.25, 0.3) is 11.3 Å².